The quantitative estimate of drug-likeness (QED) is 0.277. The molecule has 5 rings (SSSR count). The molecule has 10 heteroatoms. The third kappa shape index (κ3) is 5.13. The molecule has 2 aromatic carbocycles. The summed E-state index contributed by atoms with van der Waals surface area (Å²) in [4.78, 5) is 29.6. The summed E-state index contributed by atoms with van der Waals surface area (Å²) in [6.45, 7) is -0.0322. The molecular formula is C28H24N4O5S. The Hall–Kier alpha value is -4.54. The van der Waals surface area contributed by atoms with Gasteiger partial charge in [0.1, 0.15) is 24.2 Å². The van der Waals surface area contributed by atoms with Gasteiger partial charge < -0.3 is 29.8 Å². The van der Waals surface area contributed by atoms with Gasteiger partial charge in [-0.15, -0.1) is 0 Å². The monoisotopic (exact) mass is 528 g/mol. The number of benzene rings is 2. The largest absolute Gasteiger partial charge is 0.478 e. The smallest absolute Gasteiger partial charge is 0.335 e. The van der Waals surface area contributed by atoms with Gasteiger partial charge in [-0.05, 0) is 72.9 Å². The second kappa shape index (κ2) is 10.8. The summed E-state index contributed by atoms with van der Waals surface area (Å²) in [5.41, 5.74) is 3.20. The first kappa shape index (κ1) is 25.1. The fourth-order valence-corrected chi connectivity index (χ4v) is 4.75. The lowest BCUT2D eigenvalue weighted by Gasteiger charge is -2.26. The van der Waals surface area contributed by atoms with E-state index in [0.29, 0.717) is 22.3 Å². The van der Waals surface area contributed by atoms with E-state index < -0.39 is 5.97 Å². The van der Waals surface area contributed by atoms with Crippen molar-refractivity contribution in [1.82, 2.24) is 10.3 Å². The summed E-state index contributed by atoms with van der Waals surface area (Å²) in [5.74, 6) is 0.0278. The maximum atomic E-state index is 11.9. The van der Waals surface area contributed by atoms with Gasteiger partial charge in [0.25, 0.3) is 0 Å². The van der Waals surface area contributed by atoms with E-state index in [0.717, 1.165) is 16.9 Å². The van der Waals surface area contributed by atoms with Crippen molar-refractivity contribution in [2.75, 3.05) is 23.9 Å². The minimum Gasteiger partial charge on any atom is -0.478 e. The number of nitrogens with one attached hydrogen (secondary N) is 2. The number of aromatic carboxylic acids is 1. The summed E-state index contributed by atoms with van der Waals surface area (Å²) in [5, 5.41) is 15.9. The molecule has 38 heavy (non-hydrogen) atoms. The lowest BCUT2D eigenvalue weighted by Crippen LogP contribution is -2.29. The maximum absolute atomic E-state index is 11.9. The average Bonchev–Trinajstić information content (AvgIpc) is 3.54. The van der Waals surface area contributed by atoms with Crippen LogP contribution in [0, 0.1) is 0 Å². The van der Waals surface area contributed by atoms with E-state index in [1.807, 2.05) is 47.4 Å². The van der Waals surface area contributed by atoms with Gasteiger partial charge in [-0.3, -0.25) is 9.78 Å². The van der Waals surface area contributed by atoms with Gasteiger partial charge in [-0.25, -0.2) is 4.79 Å². The molecule has 1 saturated heterocycles. The molecule has 1 fully saturated rings. The van der Waals surface area contributed by atoms with Gasteiger partial charge in [0.15, 0.2) is 5.11 Å². The number of pyridine rings is 1. The van der Waals surface area contributed by atoms with Crippen LogP contribution in [-0.2, 0) is 9.53 Å². The van der Waals surface area contributed by atoms with Gasteiger partial charge in [0, 0.05) is 30.2 Å². The van der Waals surface area contributed by atoms with Crippen LogP contribution in [0.2, 0.25) is 0 Å². The fraction of sp³-hybridized carbons (Fsp3) is 0.143. The van der Waals surface area contributed by atoms with Crippen molar-refractivity contribution in [3.05, 3.63) is 102 Å². The molecule has 0 saturated carbocycles. The van der Waals surface area contributed by atoms with Crippen molar-refractivity contribution in [3.63, 3.8) is 0 Å². The van der Waals surface area contributed by atoms with Gasteiger partial charge in [0.05, 0.1) is 17.3 Å². The Bertz CT molecular complexity index is 1450. The van der Waals surface area contributed by atoms with Crippen molar-refractivity contribution in [1.29, 1.82) is 0 Å². The molecule has 0 bridgehead atoms. The number of anilines is 2. The highest BCUT2D eigenvalue weighted by Gasteiger charge is 2.42. The third-order valence-corrected chi connectivity index (χ3v) is 6.45. The van der Waals surface area contributed by atoms with Crippen molar-refractivity contribution < 1.29 is 23.8 Å². The van der Waals surface area contributed by atoms with E-state index >= 15 is 0 Å². The molecule has 0 spiro atoms. The number of nitrogens with zero attached hydrogens (tertiary/aromatic N) is 2. The first-order valence-corrected chi connectivity index (χ1v) is 12.2. The van der Waals surface area contributed by atoms with Gasteiger partial charge in [0.2, 0.25) is 5.91 Å². The summed E-state index contributed by atoms with van der Waals surface area (Å²) in [7, 11) is 1.47. The lowest BCUT2D eigenvalue weighted by molar-refractivity contribution is -0.119. The average molecular weight is 529 g/mol. The molecule has 9 nitrogen and oxygen atoms in total. The Morgan fingerprint density at radius 1 is 1.08 bits per heavy atom. The predicted octanol–water partition coefficient (Wildman–Crippen LogP) is 4.80. The zero-order valence-electron chi connectivity index (χ0n) is 20.3. The molecule has 0 radical (unpaired) electrons. The Morgan fingerprint density at radius 3 is 2.50 bits per heavy atom. The highest BCUT2D eigenvalue weighted by molar-refractivity contribution is 7.80. The van der Waals surface area contributed by atoms with E-state index in [2.05, 4.69) is 15.6 Å². The molecule has 3 heterocycles. The summed E-state index contributed by atoms with van der Waals surface area (Å²) in [6.07, 6.45) is 1.73. The van der Waals surface area contributed by atoms with Crippen LogP contribution in [0.5, 0.6) is 0 Å². The molecular weight excluding hydrogens is 504 g/mol. The zero-order valence-corrected chi connectivity index (χ0v) is 21.1. The topological polar surface area (TPSA) is 117 Å². The number of carboxylic acids is 1. The molecule has 0 aliphatic carbocycles. The predicted molar refractivity (Wildman–Crippen MR) is 146 cm³/mol. The molecule has 2 atom stereocenters. The minimum atomic E-state index is -0.986. The van der Waals surface area contributed by atoms with Crippen LogP contribution in [0.3, 0.4) is 0 Å². The number of hydrogen-bond donors (Lipinski definition) is 3. The van der Waals surface area contributed by atoms with Crippen LogP contribution >= 0.6 is 12.2 Å². The van der Waals surface area contributed by atoms with E-state index in [1.165, 1.54) is 7.11 Å². The molecule has 1 amide bonds. The Labute approximate surface area is 224 Å². The van der Waals surface area contributed by atoms with Crippen molar-refractivity contribution in [3.8, 4) is 11.3 Å². The second-order valence-corrected chi connectivity index (χ2v) is 9.00. The molecule has 1 aliphatic rings. The Balaban J connectivity index is 1.49. The van der Waals surface area contributed by atoms with E-state index in [4.69, 9.17) is 21.4 Å². The van der Waals surface area contributed by atoms with Crippen LogP contribution in [-0.4, -0.2) is 40.8 Å². The number of amides is 1. The van der Waals surface area contributed by atoms with E-state index in [9.17, 15) is 14.7 Å². The third-order valence-electron chi connectivity index (χ3n) is 6.14. The first-order chi connectivity index (χ1) is 18.4. The number of hydrogen-bond acceptors (Lipinski definition) is 6. The SMILES string of the molecule is COCC(=O)Nc1ccc(N2C(=S)N[C@H](c3ccccn3)[C@@H]2c2ccc(-c3ccc(C(=O)O)cc3)o2)cc1. The molecule has 2 aromatic heterocycles. The molecule has 3 N–H and O–H groups in total. The normalized spacial score (nSPS) is 16.8. The van der Waals surface area contributed by atoms with Crippen molar-refractivity contribution in [2.45, 2.75) is 12.1 Å². The van der Waals surface area contributed by atoms with Crippen LogP contribution in [0.15, 0.2) is 89.5 Å². The maximum Gasteiger partial charge on any atom is 0.335 e. The molecule has 4 aromatic rings. The summed E-state index contributed by atoms with van der Waals surface area (Å²) in [6, 6.07) is 22.7. The standard InChI is InChI=1S/C28H24N4O5S/c1-36-16-24(33)30-19-9-11-20(12-10-19)32-26(25(31-28(32)38)21-4-2-3-15-29-21)23-14-13-22(37-23)17-5-7-18(8-6-17)27(34)35/h2-15,25-26H,16H2,1H3,(H,30,33)(H,31,38)(H,34,35)/t25-,26+/m1/s1. The summed E-state index contributed by atoms with van der Waals surface area (Å²) < 4.78 is 11.2. The number of ether oxygens (including phenoxy) is 1. The number of carbonyl (C=O) groups is 2. The van der Waals surface area contributed by atoms with Crippen LogP contribution < -0.4 is 15.5 Å². The van der Waals surface area contributed by atoms with Crippen LogP contribution in [0.1, 0.15) is 33.9 Å². The Morgan fingerprint density at radius 2 is 1.84 bits per heavy atom. The van der Waals surface area contributed by atoms with Gasteiger partial charge in [-0.2, -0.15) is 0 Å². The highest BCUT2D eigenvalue weighted by atomic mass is 32.1. The van der Waals surface area contributed by atoms with Crippen LogP contribution in [0.25, 0.3) is 11.3 Å². The number of furan rings is 1. The Kier molecular flexibility index (Phi) is 7.16. The molecule has 1 aliphatic heterocycles. The number of carboxylic acid groups (broad SMARTS) is 1. The number of methoxy groups -OCH3 is 1. The lowest BCUT2D eigenvalue weighted by atomic mass is 10.0. The van der Waals surface area contributed by atoms with Gasteiger partial charge in [-0.1, -0.05) is 18.2 Å². The first-order valence-electron chi connectivity index (χ1n) is 11.8. The number of thiocarbonyl (C=S) groups is 1. The second-order valence-electron chi connectivity index (χ2n) is 8.61. The minimum absolute atomic E-state index is 0.0322. The molecule has 192 valence electrons. The number of carbonyl (C=O) groups excluding carboxylic acids is 1. The van der Waals surface area contributed by atoms with Crippen LogP contribution in [0.4, 0.5) is 11.4 Å². The van der Waals surface area contributed by atoms with Gasteiger partial charge >= 0.3 is 5.97 Å². The van der Waals surface area contributed by atoms with E-state index in [-0.39, 0.29) is 30.2 Å². The molecule has 0 unspecified atom stereocenters. The summed E-state index contributed by atoms with van der Waals surface area (Å²) >= 11 is 5.76. The fourth-order valence-electron chi connectivity index (χ4n) is 4.40. The zero-order chi connectivity index (χ0) is 26.6. The number of rotatable bonds is 8. The highest BCUT2D eigenvalue weighted by Crippen LogP contribution is 2.43. The van der Waals surface area contributed by atoms with Crippen molar-refractivity contribution in [2.24, 2.45) is 0 Å². The van der Waals surface area contributed by atoms with E-state index in [1.54, 1.807) is 42.6 Å². The van der Waals surface area contributed by atoms with Crippen molar-refractivity contribution >= 4 is 40.6 Å². The number of aromatic nitrogens is 1.